The summed E-state index contributed by atoms with van der Waals surface area (Å²) in [5.74, 6) is 0. The van der Waals surface area contributed by atoms with Gasteiger partial charge in [-0.1, -0.05) is 30.3 Å². The molecule has 2 rings (SSSR count). The van der Waals surface area contributed by atoms with E-state index in [2.05, 4.69) is 4.40 Å². The second kappa shape index (κ2) is 7.46. The standard InChI is InChI=1S/C15H14N2O4S/c1-22(14-9-7-13(8-10-14)17(19)20)16-15(18)21-11-12-5-3-2-4-6-12/h2-10H,11H2,1H3. The molecule has 0 amide bonds. The van der Waals surface area contributed by atoms with Crippen LogP contribution in [0.15, 0.2) is 63.9 Å². The Balaban J connectivity index is 1.96. The van der Waals surface area contributed by atoms with Gasteiger partial charge >= 0.3 is 0 Å². The summed E-state index contributed by atoms with van der Waals surface area (Å²) in [7, 11) is 0. The van der Waals surface area contributed by atoms with Crippen molar-refractivity contribution in [3.8, 4) is 0 Å². The molecule has 1 unspecified atom stereocenters. The van der Waals surface area contributed by atoms with E-state index in [9.17, 15) is 15.2 Å². The first-order chi connectivity index (χ1) is 10.6. The number of nitrogens with zero attached hydrogens (tertiary/aromatic N) is 2. The van der Waals surface area contributed by atoms with Gasteiger partial charge in [0.2, 0.25) is 6.08 Å². The normalized spacial score (nSPS) is 12.7. The molecule has 2 aromatic rings. The third-order valence-corrected chi connectivity index (χ3v) is 4.18. The van der Waals surface area contributed by atoms with Crippen molar-refractivity contribution in [3.05, 3.63) is 70.3 Å². The lowest BCUT2D eigenvalue weighted by Gasteiger charge is -2.12. The van der Waals surface area contributed by atoms with Gasteiger partial charge in [-0.25, -0.2) is 0 Å². The third-order valence-electron chi connectivity index (χ3n) is 2.81. The van der Waals surface area contributed by atoms with Crippen molar-refractivity contribution in [1.29, 1.82) is 0 Å². The Bertz CT molecular complexity index is 659. The lowest BCUT2D eigenvalue weighted by Crippen LogP contribution is -2.22. The van der Waals surface area contributed by atoms with Crippen LogP contribution in [0.3, 0.4) is 0 Å². The van der Waals surface area contributed by atoms with Crippen molar-refractivity contribution in [1.82, 2.24) is 0 Å². The Hall–Kier alpha value is -2.54. The second-order valence-electron chi connectivity index (χ2n) is 4.36. The first kappa shape index (κ1) is 15.8. The minimum atomic E-state index is -0.715. The van der Waals surface area contributed by atoms with Crippen molar-refractivity contribution in [2.75, 3.05) is 6.26 Å². The van der Waals surface area contributed by atoms with E-state index in [0.29, 0.717) is 0 Å². The van der Waals surface area contributed by atoms with Crippen molar-refractivity contribution < 1.29 is 14.8 Å². The van der Waals surface area contributed by atoms with Crippen LogP contribution in [0, 0.1) is 10.1 Å². The van der Waals surface area contributed by atoms with E-state index in [0.717, 1.165) is 10.5 Å². The number of nitro benzene ring substituents is 1. The largest absolute Gasteiger partial charge is 0.592 e. The van der Waals surface area contributed by atoms with Gasteiger partial charge in [-0.05, 0) is 9.96 Å². The smallest absolute Gasteiger partial charge is 0.269 e. The maximum Gasteiger partial charge on any atom is 0.269 e. The molecule has 0 saturated heterocycles. The van der Waals surface area contributed by atoms with E-state index in [1.807, 2.05) is 30.3 Å². The van der Waals surface area contributed by atoms with Crippen molar-refractivity contribution in [2.24, 2.45) is 4.40 Å². The molecule has 0 saturated carbocycles. The Morgan fingerprint density at radius 1 is 1.18 bits per heavy atom. The molecule has 0 aliphatic rings. The van der Waals surface area contributed by atoms with Gasteiger partial charge in [-0.3, -0.25) is 10.1 Å². The summed E-state index contributed by atoms with van der Waals surface area (Å²) in [6, 6.07) is 15.3. The molecule has 0 aliphatic carbocycles. The maximum absolute atomic E-state index is 11.7. The highest BCUT2D eigenvalue weighted by molar-refractivity contribution is 7.95. The lowest BCUT2D eigenvalue weighted by molar-refractivity contribution is -0.384. The number of ether oxygens (including phenoxy) is 1. The van der Waals surface area contributed by atoms with E-state index in [1.54, 1.807) is 18.4 Å². The SMILES string of the molecule is C[S+](/N=C(\[O-])OCc1ccccc1)c1ccc([N+](=O)[O-])cc1. The summed E-state index contributed by atoms with van der Waals surface area (Å²) in [6.07, 6.45) is 1.11. The van der Waals surface area contributed by atoms with Gasteiger partial charge in [0.25, 0.3) is 5.69 Å². The molecule has 0 bridgehead atoms. The van der Waals surface area contributed by atoms with Gasteiger partial charge in [-0.15, -0.1) is 0 Å². The molecule has 0 N–H and O–H groups in total. The topological polar surface area (TPSA) is 87.8 Å². The van der Waals surface area contributed by atoms with Crippen molar-refractivity contribution >= 4 is 22.9 Å². The Morgan fingerprint density at radius 2 is 1.82 bits per heavy atom. The van der Waals surface area contributed by atoms with Gasteiger partial charge in [0.05, 0.1) is 4.92 Å². The van der Waals surface area contributed by atoms with Gasteiger partial charge in [0, 0.05) is 30.9 Å². The number of hydrogen-bond acceptors (Lipinski definition) is 5. The number of nitro groups is 1. The minimum Gasteiger partial charge on any atom is -0.592 e. The number of hydrogen-bond donors (Lipinski definition) is 0. The lowest BCUT2D eigenvalue weighted by atomic mass is 10.2. The third kappa shape index (κ3) is 4.49. The quantitative estimate of drug-likeness (QED) is 0.277. The molecule has 0 radical (unpaired) electrons. The molecule has 1 atom stereocenters. The first-order valence-electron chi connectivity index (χ1n) is 6.39. The molecule has 7 heteroatoms. The predicted molar refractivity (Wildman–Crippen MR) is 83.3 cm³/mol. The average Bonchev–Trinajstić information content (AvgIpc) is 2.54. The minimum absolute atomic E-state index is 0.00686. The summed E-state index contributed by atoms with van der Waals surface area (Å²) in [5.41, 5.74) is 0.893. The van der Waals surface area contributed by atoms with Crippen LogP contribution in [0.1, 0.15) is 5.56 Å². The van der Waals surface area contributed by atoms with E-state index in [-0.39, 0.29) is 12.3 Å². The maximum atomic E-state index is 11.7. The second-order valence-corrected chi connectivity index (χ2v) is 5.97. The van der Waals surface area contributed by atoms with Crippen molar-refractivity contribution in [3.63, 3.8) is 0 Å². The Labute approximate surface area is 130 Å². The van der Waals surface area contributed by atoms with Gasteiger partial charge in [0.15, 0.2) is 16.0 Å². The number of rotatable bonds is 5. The van der Waals surface area contributed by atoms with E-state index in [1.165, 1.54) is 12.1 Å². The average molecular weight is 318 g/mol. The fourth-order valence-electron chi connectivity index (χ4n) is 1.67. The summed E-state index contributed by atoms with van der Waals surface area (Å²) in [4.78, 5) is 10.9. The molecule has 114 valence electrons. The monoisotopic (exact) mass is 318 g/mol. The summed E-state index contributed by atoms with van der Waals surface area (Å²) < 4.78 is 9.01. The predicted octanol–water partition coefficient (Wildman–Crippen LogP) is 2.05. The first-order valence-corrected chi connectivity index (χ1v) is 7.98. The summed E-state index contributed by atoms with van der Waals surface area (Å²) >= 11 is -0.715. The van der Waals surface area contributed by atoms with Gasteiger partial charge in [-0.2, -0.15) is 0 Å². The molecule has 0 aromatic heterocycles. The molecule has 0 fully saturated rings. The van der Waals surface area contributed by atoms with E-state index < -0.39 is 22.1 Å². The Kier molecular flexibility index (Phi) is 5.37. The number of benzene rings is 2. The van der Waals surface area contributed by atoms with Crippen LogP contribution in [0.4, 0.5) is 5.69 Å². The fraction of sp³-hybridized carbons (Fsp3) is 0.133. The molecule has 2 aromatic carbocycles. The van der Waals surface area contributed by atoms with Crippen LogP contribution in [0.25, 0.3) is 0 Å². The molecule has 6 nitrogen and oxygen atoms in total. The van der Waals surface area contributed by atoms with Crippen LogP contribution < -0.4 is 5.11 Å². The van der Waals surface area contributed by atoms with E-state index in [4.69, 9.17) is 4.74 Å². The van der Waals surface area contributed by atoms with Crippen LogP contribution in [0.2, 0.25) is 0 Å². The molecule has 22 heavy (non-hydrogen) atoms. The molecular formula is C15H14N2O4S. The fourth-order valence-corrected chi connectivity index (χ4v) is 2.59. The number of non-ortho nitro benzene ring substituents is 1. The molecular weight excluding hydrogens is 304 g/mol. The molecule has 0 spiro atoms. The summed E-state index contributed by atoms with van der Waals surface area (Å²) in [6.45, 7) is 0.167. The highest BCUT2D eigenvalue weighted by Gasteiger charge is 2.16. The van der Waals surface area contributed by atoms with Gasteiger partial charge in [0.1, 0.15) is 6.26 Å². The zero-order valence-corrected chi connectivity index (χ0v) is 12.7. The highest BCUT2D eigenvalue weighted by Crippen LogP contribution is 2.17. The zero-order valence-electron chi connectivity index (χ0n) is 11.8. The molecule has 0 heterocycles. The van der Waals surface area contributed by atoms with Crippen LogP contribution in [-0.2, 0) is 22.4 Å². The van der Waals surface area contributed by atoms with Crippen LogP contribution in [-0.4, -0.2) is 17.3 Å². The van der Waals surface area contributed by atoms with E-state index >= 15 is 0 Å². The Morgan fingerprint density at radius 3 is 2.41 bits per heavy atom. The highest BCUT2D eigenvalue weighted by atomic mass is 32.2. The van der Waals surface area contributed by atoms with Gasteiger partial charge < -0.3 is 9.84 Å². The summed E-state index contributed by atoms with van der Waals surface area (Å²) in [5, 5.41) is 22.3. The zero-order chi connectivity index (χ0) is 15.9. The van der Waals surface area contributed by atoms with Crippen LogP contribution in [0.5, 0.6) is 0 Å². The van der Waals surface area contributed by atoms with Crippen molar-refractivity contribution in [2.45, 2.75) is 11.5 Å². The van der Waals surface area contributed by atoms with Crippen LogP contribution >= 0.6 is 0 Å². The molecule has 0 aliphatic heterocycles.